The molecule has 8 heteroatoms. The zero-order valence-electron chi connectivity index (χ0n) is 8.27. The average molecular weight is 344 g/mol. The van der Waals surface area contributed by atoms with Crippen molar-refractivity contribution in [2.24, 2.45) is 0 Å². The number of halogens is 2. The fourth-order valence-electron chi connectivity index (χ4n) is 1.03. The van der Waals surface area contributed by atoms with E-state index in [0.29, 0.717) is 8.81 Å². The van der Waals surface area contributed by atoms with Gasteiger partial charge in [0.05, 0.1) is 14.9 Å². The first kappa shape index (κ1) is 13.9. The quantitative estimate of drug-likeness (QED) is 0.790. The van der Waals surface area contributed by atoms with Gasteiger partial charge in [0.25, 0.3) is 10.0 Å². The maximum atomic E-state index is 12.0. The summed E-state index contributed by atoms with van der Waals surface area (Å²) in [4.78, 5) is 0. The highest BCUT2D eigenvalue weighted by atomic mass is 79.9. The third-order valence-corrected chi connectivity index (χ3v) is 6.66. The molecule has 0 saturated heterocycles. The van der Waals surface area contributed by atoms with E-state index in [1.807, 2.05) is 6.07 Å². The van der Waals surface area contributed by atoms with Gasteiger partial charge in [0, 0.05) is 6.54 Å². The molecule has 0 amide bonds. The maximum Gasteiger partial charge on any atom is 0.253 e. The van der Waals surface area contributed by atoms with E-state index in [0.717, 1.165) is 15.6 Å². The fraction of sp³-hybridized carbons (Fsp3) is 0.375. The molecule has 0 radical (unpaired) electrons. The highest BCUT2D eigenvalue weighted by Crippen LogP contribution is 2.35. The van der Waals surface area contributed by atoms with E-state index < -0.39 is 10.0 Å². The number of hydrogen-bond acceptors (Lipinski definition) is 4. The van der Waals surface area contributed by atoms with Gasteiger partial charge in [-0.25, -0.2) is 8.42 Å². The number of hydrogen-bond donors (Lipinski definition) is 0. The molecule has 88 valence electrons. The number of thiophene rings is 1. The molecule has 0 aliphatic heterocycles. The second-order valence-corrected chi connectivity index (χ2v) is 7.72. The molecule has 4 nitrogen and oxygen atoms in total. The largest absolute Gasteiger partial charge is 0.253 e. The maximum absolute atomic E-state index is 12.0. The molecule has 1 heterocycles. The van der Waals surface area contributed by atoms with Crippen molar-refractivity contribution in [2.45, 2.75) is 11.1 Å². The number of nitrogens with zero attached hydrogens (tertiary/aromatic N) is 2. The molecule has 0 aliphatic rings. The molecule has 0 bridgehead atoms. The van der Waals surface area contributed by atoms with Crippen LogP contribution < -0.4 is 0 Å². The molecule has 1 aromatic heterocycles. The Morgan fingerprint density at radius 1 is 1.69 bits per heavy atom. The SMILES string of the molecule is CCN(CC#N)S(=O)(=O)c1cc(Cl)c(Br)s1. The summed E-state index contributed by atoms with van der Waals surface area (Å²) in [6.07, 6.45) is 0. The predicted octanol–water partition coefficient (Wildman–Crippen LogP) is 2.70. The van der Waals surface area contributed by atoms with Crippen LogP contribution in [0.3, 0.4) is 0 Å². The van der Waals surface area contributed by atoms with Crippen LogP contribution in [0.15, 0.2) is 14.1 Å². The highest BCUT2D eigenvalue weighted by molar-refractivity contribution is 9.11. The van der Waals surface area contributed by atoms with Crippen LogP contribution in [0.2, 0.25) is 5.02 Å². The zero-order valence-corrected chi connectivity index (χ0v) is 12.2. The summed E-state index contributed by atoms with van der Waals surface area (Å²) in [6, 6.07) is 3.20. The Bertz CT molecular complexity index is 501. The molecular formula is C8H8BrClN2O2S2. The Morgan fingerprint density at radius 2 is 2.31 bits per heavy atom. The number of sulfonamides is 1. The monoisotopic (exact) mass is 342 g/mol. The van der Waals surface area contributed by atoms with Gasteiger partial charge in [-0.1, -0.05) is 18.5 Å². The second-order valence-electron chi connectivity index (χ2n) is 2.78. The third-order valence-electron chi connectivity index (χ3n) is 1.82. The highest BCUT2D eigenvalue weighted by Gasteiger charge is 2.25. The third kappa shape index (κ3) is 2.76. The van der Waals surface area contributed by atoms with Gasteiger partial charge in [0.2, 0.25) is 0 Å². The van der Waals surface area contributed by atoms with E-state index >= 15 is 0 Å². The lowest BCUT2D eigenvalue weighted by atomic mass is 10.6. The van der Waals surface area contributed by atoms with E-state index in [1.165, 1.54) is 6.07 Å². The van der Waals surface area contributed by atoms with Crippen molar-refractivity contribution in [1.29, 1.82) is 5.26 Å². The summed E-state index contributed by atoms with van der Waals surface area (Å²) < 4.78 is 25.9. The minimum Gasteiger partial charge on any atom is -0.206 e. The second kappa shape index (κ2) is 5.47. The number of nitriles is 1. The Balaban J connectivity index is 3.15. The van der Waals surface area contributed by atoms with Crippen molar-refractivity contribution in [3.05, 3.63) is 14.9 Å². The molecule has 0 saturated carbocycles. The summed E-state index contributed by atoms with van der Waals surface area (Å²) in [5, 5.41) is 8.91. The summed E-state index contributed by atoms with van der Waals surface area (Å²) >= 11 is 9.97. The normalized spacial score (nSPS) is 11.7. The molecular weight excluding hydrogens is 336 g/mol. The van der Waals surface area contributed by atoms with Crippen molar-refractivity contribution in [2.75, 3.05) is 13.1 Å². The van der Waals surface area contributed by atoms with Gasteiger partial charge < -0.3 is 0 Å². The van der Waals surface area contributed by atoms with Crippen LogP contribution in [-0.4, -0.2) is 25.8 Å². The van der Waals surface area contributed by atoms with E-state index in [-0.39, 0.29) is 17.3 Å². The first-order valence-corrected chi connectivity index (χ1v) is 7.68. The Morgan fingerprint density at radius 3 is 2.69 bits per heavy atom. The van der Waals surface area contributed by atoms with E-state index in [1.54, 1.807) is 6.92 Å². The summed E-state index contributed by atoms with van der Waals surface area (Å²) in [7, 11) is -3.60. The van der Waals surface area contributed by atoms with Gasteiger partial charge in [-0.2, -0.15) is 9.57 Å². The molecule has 1 rings (SSSR count). The minimum absolute atomic E-state index is 0.140. The predicted molar refractivity (Wildman–Crippen MR) is 67.1 cm³/mol. The van der Waals surface area contributed by atoms with Crippen LogP contribution in [0.25, 0.3) is 0 Å². The van der Waals surface area contributed by atoms with Crippen molar-refractivity contribution in [1.82, 2.24) is 4.31 Å². The Labute approximate surface area is 112 Å². The molecule has 0 aromatic carbocycles. The lowest BCUT2D eigenvalue weighted by Crippen LogP contribution is -2.30. The molecule has 0 unspecified atom stereocenters. The number of rotatable bonds is 4. The van der Waals surface area contributed by atoms with Gasteiger partial charge in [0.1, 0.15) is 10.8 Å². The molecule has 0 N–H and O–H groups in total. The standard InChI is InChI=1S/C8H8BrClN2O2S2/c1-2-12(4-3-11)16(13,14)7-5-6(10)8(9)15-7/h5H,2,4H2,1H3. The first-order chi connectivity index (χ1) is 7.43. The zero-order chi connectivity index (χ0) is 12.3. The summed E-state index contributed by atoms with van der Waals surface area (Å²) in [5.74, 6) is 0. The Hall–Kier alpha value is -0.130. The molecule has 0 aliphatic carbocycles. The summed E-state index contributed by atoms with van der Waals surface area (Å²) in [5.41, 5.74) is 0. The Kier molecular flexibility index (Phi) is 4.76. The van der Waals surface area contributed by atoms with Gasteiger partial charge in [0.15, 0.2) is 0 Å². The first-order valence-electron chi connectivity index (χ1n) is 4.25. The topological polar surface area (TPSA) is 61.2 Å². The van der Waals surface area contributed by atoms with Gasteiger partial charge >= 0.3 is 0 Å². The molecule has 16 heavy (non-hydrogen) atoms. The van der Waals surface area contributed by atoms with Gasteiger partial charge in [-0.3, -0.25) is 0 Å². The summed E-state index contributed by atoms with van der Waals surface area (Å²) in [6.45, 7) is 1.77. The van der Waals surface area contributed by atoms with Crippen LogP contribution in [0.1, 0.15) is 6.92 Å². The molecule has 0 atom stereocenters. The van der Waals surface area contributed by atoms with Crippen LogP contribution in [0.5, 0.6) is 0 Å². The van der Waals surface area contributed by atoms with Gasteiger partial charge in [-0.05, 0) is 22.0 Å². The van der Waals surface area contributed by atoms with Crippen molar-refractivity contribution in [3.63, 3.8) is 0 Å². The van der Waals surface area contributed by atoms with Crippen molar-refractivity contribution >= 4 is 48.9 Å². The lowest BCUT2D eigenvalue weighted by molar-refractivity contribution is 0.464. The van der Waals surface area contributed by atoms with Crippen LogP contribution in [0, 0.1) is 11.3 Å². The minimum atomic E-state index is -3.60. The van der Waals surface area contributed by atoms with Crippen molar-refractivity contribution < 1.29 is 8.42 Å². The van der Waals surface area contributed by atoms with Crippen LogP contribution in [-0.2, 0) is 10.0 Å². The fourth-order valence-corrected chi connectivity index (χ4v) is 4.93. The van der Waals surface area contributed by atoms with Gasteiger partial charge in [-0.15, -0.1) is 11.3 Å². The lowest BCUT2D eigenvalue weighted by Gasteiger charge is -2.15. The van der Waals surface area contributed by atoms with Crippen molar-refractivity contribution in [3.8, 4) is 6.07 Å². The van der Waals surface area contributed by atoms with Crippen LogP contribution in [0.4, 0.5) is 0 Å². The van der Waals surface area contributed by atoms with E-state index in [9.17, 15) is 8.42 Å². The molecule has 0 fully saturated rings. The van der Waals surface area contributed by atoms with Crippen LogP contribution >= 0.6 is 38.9 Å². The average Bonchev–Trinajstić information content (AvgIpc) is 2.56. The van der Waals surface area contributed by atoms with E-state index in [4.69, 9.17) is 16.9 Å². The smallest absolute Gasteiger partial charge is 0.206 e. The molecule has 0 spiro atoms. The van der Waals surface area contributed by atoms with E-state index in [2.05, 4.69) is 15.9 Å². The molecule has 1 aromatic rings.